The zero-order valence-corrected chi connectivity index (χ0v) is 22.5. The number of fused-ring (bicyclic) bond motifs is 1. The summed E-state index contributed by atoms with van der Waals surface area (Å²) >= 11 is 6.45. The number of methoxy groups -OCH3 is 1. The number of aliphatic imine (C=N–C) groups is 1. The summed E-state index contributed by atoms with van der Waals surface area (Å²) in [5.41, 5.74) is 2.07. The molecule has 3 saturated carbocycles. The molecule has 0 aromatic heterocycles. The van der Waals surface area contributed by atoms with E-state index in [1.807, 2.05) is 18.2 Å². The number of carboxylic acid groups (broad SMARTS) is 1. The van der Waals surface area contributed by atoms with Gasteiger partial charge in [0.1, 0.15) is 17.1 Å². The minimum Gasteiger partial charge on any atom is -0.495 e. The molecule has 1 heterocycles. The van der Waals surface area contributed by atoms with Crippen LogP contribution in [0.4, 0.5) is 0 Å². The van der Waals surface area contributed by atoms with Crippen molar-refractivity contribution < 1.29 is 19.4 Å². The number of hydrogen-bond donors (Lipinski definition) is 1. The highest BCUT2D eigenvalue weighted by Gasteiger charge is 2.69. The lowest BCUT2D eigenvalue weighted by Gasteiger charge is -2.42. The zero-order valence-electron chi connectivity index (χ0n) is 21.7. The molecule has 3 fully saturated rings. The van der Waals surface area contributed by atoms with Crippen molar-refractivity contribution in [3.8, 4) is 5.75 Å². The Morgan fingerprint density at radius 2 is 1.78 bits per heavy atom. The first-order valence-electron chi connectivity index (χ1n) is 13.1. The van der Waals surface area contributed by atoms with E-state index in [1.54, 1.807) is 31.4 Å². The van der Waals surface area contributed by atoms with E-state index in [0.717, 1.165) is 31.2 Å². The largest absolute Gasteiger partial charge is 0.495 e. The number of carboxylic acids is 1. The third-order valence-electron chi connectivity index (χ3n) is 8.92. The highest BCUT2D eigenvalue weighted by molar-refractivity contribution is 6.47. The number of aromatic carboxylic acids is 1. The number of halogens is 1. The van der Waals surface area contributed by atoms with Gasteiger partial charge in [-0.15, -0.1) is 0 Å². The van der Waals surface area contributed by atoms with Crippen LogP contribution in [0, 0.1) is 29.1 Å². The van der Waals surface area contributed by atoms with Gasteiger partial charge in [-0.05, 0) is 90.7 Å². The number of carbonyl (C=O) groups excluding carboxylic acids is 1. The number of hydrogen-bond acceptors (Lipinski definition) is 4. The third-order valence-corrected chi connectivity index (χ3v) is 9.21. The molecule has 0 bridgehead atoms. The molecule has 2 aromatic carbocycles. The summed E-state index contributed by atoms with van der Waals surface area (Å²) in [6.45, 7) is 6.93. The highest BCUT2D eigenvalue weighted by atomic mass is 35.5. The van der Waals surface area contributed by atoms with Gasteiger partial charge in [-0.25, -0.2) is 4.79 Å². The minimum absolute atomic E-state index is 0.0611. The minimum atomic E-state index is -0.950. The number of amides is 1. The Balaban J connectivity index is 1.41. The van der Waals surface area contributed by atoms with Crippen LogP contribution < -0.4 is 4.74 Å². The summed E-state index contributed by atoms with van der Waals surface area (Å²) in [7, 11) is 1.57. The van der Waals surface area contributed by atoms with Gasteiger partial charge >= 0.3 is 5.97 Å². The number of benzene rings is 2. The van der Waals surface area contributed by atoms with E-state index in [-0.39, 0.29) is 22.9 Å². The normalized spacial score (nSPS) is 29.3. The molecule has 1 aliphatic heterocycles. The standard InChI is InChI=1S/C30H33ClN2O4/c1-29(2,3)24-20-14-30(15-21(20)24)32-25(19-11-12-23(37-4)22(31)13-19)27(34)33(30)26(16-5-6-16)17-7-9-18(10-8-17)28(35)36/h7-13,16,20-21,24,26H,5-6,14-15H2,1-4H3,(H,35,36). The first kappa shape index (κ1) is 24.5. The summed E-state index contributed by atoms with van der Waals surface area (Å²) in [5.74, 6) is 1.68. The van der Waals surface area contributed by atoms with E-state index in [2.05, 4.69) is 25.7 Å². The molecule has 0 radical (unpaired) electrons. The Labute approximate surface area is 222 Å². The van der Waals surface area contributed by atoms with Crippen LogP contribution in [0.1, 0.15) is 74.0 Å². The molecule has 6 nitrogen and oxygen atoms in total. The van der Waals surface area contributed by atoms with Crippen molar-refractivity contribution in [3.05, 3.63) is 64.2 Å². The maximum absolute atomic E-state index is 14.3. The first-order valence-corrected chi connectivity index (χ1v) is 13.5. The topological polar surface area (TPSA) is 79.2 Å². The summed E-state index contributed by atoms with van der Waals surface area (Å²) < 4.78 is 5.32. The third kappa shape index (κ3) is 3.96. The van der Waals surface area contributed by atoms with Gasteiger partial charge in [-0.2, -0.15) is 0 Å². The Bertz CT molecular complexity index is 1300. The number of ether oxygens (including phenoxy) is 1. The molecule has 194 valence electrons. The number of rotatable bonds is 6. The Kier molecular flexibility index (Phi) is 5.50. The van der Waals surface area contributed by atoms with Gasteiger partial charge in [0.25, 0.3) is 5.91 Å². The lowest BCUT2D eigenvalue weighted by Crippen LogP contribution is -2.49. The number of nitrogens with zero attached hydrogens (tertiary/aromatic N) is 2. The number of carbonyl (C=O) groups is 2. The van der Waals surface area contributed by atoms with Crippen molar-refractivity contribution in [1.82, 2.24) is 4.90 Å². The van der Waals surface area contributed by atoms with Crippen molar-refractivity contribution in [1.29, 1.82) is 0 Å². The van der Waals surface area contributed by atoms with Gasteiger partial charge in [0.05, 0.1) is 23.7 Å². The maximum Gasteiger partial charge on any atom is 0.335 e. The molecule has 3 aliphatic carbocycles. The average Bonchev–Trinajstić information content (AvgIpc) is 3.75. The summed E-state index contributed by atoms with van der Waals surface area (Å²) in [5, 5.41) is 9.85. The van der Waals surface area contributed by atoms with Crippen molar-refractivity contribution in [2.45, 2.75) is 58.2 Å². The van der Waals surface area contributed by atoms with Crippen LogP contribution in [0.15, 0.2) is 47.5 Å². The SMILES string of the molecule is COc1ccc(C2=NC3(CC4C(C3)C4C(C)(C)C)N(C(c3ccc(C(=O)O)cc3)C3CC3)C2=O)cc1Cl. The molecule has 37 heavy (non-hydrogen) atoms. The van der Waals surface area contributed by atoms with Crippen LogP contribution in [0.25, 0.3) is 0 Å². The molecular formula is C30H33ClN2O4. The lowest BCUT2D eigenvalue weighted by molar-refractivity contribution is -0.132. The Hall–Kier alpha value is -2.86. The van der Waals surface area contributed by atoms with E-state index in [0.29, 0.717) is 45.7 Å². The van der Waals surface area contributed by atoms with Crippen LogP contribution >= 0.6 is 11.6 Å². The molecule has 3 atom stereocenters. The van der Waals surface area contributed by atoms with Gasteiger partial charge in [0.2, 0.25) is 0 Å². The second-order valence-corrected chi connectivity index (χ2v) is 12.7. The summed E-state index contributed by atoms with van der Waals surface area (Å²) in [6, 6.07) is 12.3. The van der Waals surface area contributed by atoms with E-state index in [9.17, 15) is 14.7 Å². The van der Waals surface area contributed by atoms with E-state index < -0.39 is 11.6 Å². The van der Waals surface area contributed by atoms with Crippen molar-refractivity contribution >= 4 is 29.2 Å². The second-order valence-electron chi connectivity index (χ2n) is 12.3. The van der Waals surface area contributed by atoms with Crippen molar-refractivity contribution in [3.63, 3.8) is 0 Å². The molecule has 4 aliphatic rings. The lowest BCUT2D eigenvalue weighted by atomic mass is 9.82. The van der Waals surface area contributed by atoms with E-state index >= 15 is 0 Å². The molecule has 1 N–H and O–H groups in total. The monoisotopic (exact) mass is 520 g/mol. The van der Waals surface area contributed by atoms with Gasteiger partial charge in [0, 0.05) is 5.56 Å². The van der Waals surface area contributed by atoms with E-state index in [1.165, 1.54) is 0 Å². The fourth-order valence-corrected chi connectivity index (χ4v) is 7.54. The fourth-order valence-electron chi connectivity index (χ4n) is 7.28. The predicted molar refractivity (Wildman–Crippen MR) is 142 cm³/mol. The molecule has 1 spiro atoms. The van der Waals surface area contributed by atoms with Crippen LogP contribution in [-0.2, 0) is 4.79 Å². The molecule has 0 saturated heterocycles. The van der Waals surface area contributed by atoms with Crippen LogP contribution in [0.2, 0.25) is 5.02 Å². The van der Waals surface area contributed by atoms with Crippen LogP contribution in [0.3, 0.4) is 0 Å². The van der Waals surface area contributed by atoms with Crippen molar-refractivity contribution in [2.75, 3.05) is 7.11 Å². The molecular weight excluding hydrogens is 488 g/mol. The summed E-state index contributed by atoms with van der Waals surface area (Å²) in [4.78, 5) is 33.1. The van der Waals surface area contributed by atoms with Gasteiger partial charge < -0.3 is 14.7 Å². The van der Waals surface area contributed by atoms with Crippen molar-refractivity contribution in [2.24, 2.45) is 34.1 Å². The molecule has 1 amide bonds. The quantitative estimate of drug-likeness (QED) is 0.490. The zero-order chi connectivity index (χ0) is 26.3. The van der Waals surface area contributed by atoms with Crippen LogP contribution in [-0.4, -0.2) is 40.4 Å². The predicted octanol–water partition coefficient (Wildman–Crippen LogP) is 6.23. The Morgan fingerprint density at radius 1 is 1.14 bits per heavy atom. The second kappa shape index (κ2) is 8.32. The fraction of sp³-hybridized carbons (Fsp3) is 0.500. The van der Waals surface area contributed by atoms with Gasteiger partial charge in [-0.1, -0.05) is 44.5 Å². The van der Waals surface area contributed by atoms with Gasteiger partial charge in [-0.3, -0.25) is 9.79 Å². The molecule has 2 aromatic rings. The molecule has 6 rings (SSSR count). The van der Waals surface area contributed by atoms with Gasteiger partial charge in [0.15, 0.2) is 0 Å². The molecule has 3 unspecified atom stereocenters. The Morgan fingerprint density at radius 3 is 2.30 bits per heavy atom. The van der Waals surface area contributed by atoms with Crippen LogP contribution in [0.5, 0.6) is 5.75 Å². The maximum atomic E-state index is 14.3. The first-order chi connectivity index (χ1) is 17.5. The smallest absolute Gasteiger partial charge is 0.335 e. The highest BCUT2D eigenvalue weighted by Crippen LogP contribution is 2.69. The average molecular weight is 521 g/mol. The summed E-state index contributed by atoms with van der Waals surface area (Å²) in [6.07, 6.45) is 3.84. The molecule has 7 heteroatoms. The van der Waals surface area contributed by atoms with E-state index in [4.69, 9.17) is 21.3 Å².